The number of amides is 1. The van der Waals surface area contributed by atoms with Crippen LogP contribution in [-0.2, 0) is 14.6 Å². The molecule has 0 atom stereocenters. The topological polar surface area (TPSA) is 66.5 Å². The number of sulfone groups is 1. The maximum Gasteiger partial charge on any atom is 0.240 e. The van der Waals surface area contributed by atoms with Crippen LogP contribution in [-0.4, -0.2) is 56.4 Å². The van der Waals surface area contributed by atoms with Gasteiger partial charge in [0.05, 0.1) is 5.75 Å². The van der Waals surface area contributed by atoms with Gasteiger partial charge in [-0.25, -0.2) is 8.42 Å². The fourth-order valence-electron chi connectivity index (χ4n) is 3.31. The summed E-state index contributed by atoms with van der Waals surface area (Å²) < 4.78 is 22.2. The van der Waals surface area contributed by atoms with Crippen LogP contribution >= 0.6 is 0 Å². The van der Waals surface area contributed by atoms with E-state index in [4.69, 9.17) is 0 Å². The summed E-state index contributed by atoms with van der Waals surface area (Å²) in [4.78, 5) is 14.8. The summed E-state index contributed by atoms with van der Waals surface area (Å²) >= 11 is 0. The van der Waals surface area contributed by atoms with Crippen molar-refractivity contribution in [1.82, 2.24) is 10.2 Å². The number of hydrogen-bond acceptors (Lipinski definition) is 4. The molecule has 19 heavy (non-hydrogen) atoms. The molecule has 1 N–H and O–H groups in total. The van der Waals surface area contributed by atoms with Gasteiger partial charge in [0.25, 0.3) is 0 Å². The second-order valence-electron chi connectivity index (χ2n) is 5.82. The lowest BCUT2D eigenvalue weighted by Crippen LogP contribution is -2.56. The van der Waals surface area contributed by atoms with Crippen LogP contribution in [0.15, 0.2) is 0 Å². The van der Waals surface area contributed by atoms with Crippen molar-refractivity contribution in [1.29, 1.82) is 0 Å². The molecule has 0 spiro atoms. The Labute approximate surface area is 115 Å². The van der Waals surface area contributed by atoms with Crippen molar-refractivity contribution in [3.8, 4) is 0 Å². The summed E-state index contributed by atoms with van der Waals surface area (Å²) in [5.41, 5.74) is -0.353. The number of carbonyl (C=O) groups excluding carboxylic acids is 1. The average molecular weight is 288 g/mol. The molecule has 1 saturated carbocycles. The molecule has 1 aliphatic carbocycles. The molecule has 2 aliphatic rings. The van der Waals surface area contributed by atoms with Gasteiger partial charge in [0.2, 0.25) is 5.91 Å². The Balaban J connectivity index is 1.97. The zero-order chi connectivity index (χ0) is 13.9. The lowest BCUT2D eigenvalue weighted by atomic mass is 9.94. The SMILES string of the molecule is CS(=O)(=O)CCNC(=O)C1(N2CCCC2)CCCC1. The standard InChI is InChI=1S/C13H24N2O3S/c1-19(17,18)11-8-14-12(16)13(6-2-3-7-13)15-9-4-5-10-15/h2-11H2,1H3,(H,14,16). The van der Waals surface area contributed by atoms with E-state index in [9.17, 15) is 13.2 Å². The molecule has 1 saturated heterocycles. The fraction of sp³-hybridized carbons (Fsp3) is 0.923. The van der Waals surface area contributed by atoms with Gasteiger partial charge in [0.1, 0.15) is 15.4 Å². The van der Waals surface area contributed by atoms with Gasteiger partial charge in [0.15, 0.2) is 0 Å². The van der Waals surface area contributed by atoms with Crippen LogP contribution in [0.25, 0.3) is 0 Å². The van der Waals surface area contributed by atoms with Crippen LogP contribution in [0.2, 0.25) is 0 Å². The quantitative estimate of drug-likeness (QED) is 0.802. The van der Waals surface area contributed by atoms with Crippen molar-refractivity contribution in [3.05, 3.63) is 0 Å². The molecular weight excluding hydrogens is 264 g/mol. The molecule has 2 rings (SSSR count). The first kappa shape index (κ1) is 14.8. The molecule has 0 unspecified atom stereocenters. The van der Waals surface area contributed by atoms with Crippen molar-refractivity contribution in [2.75, 3.05) is 31.6 Å². The van der Waals surface area contributed by atoms with Gasteiger partial charge in [-0.3, -0.25) is 9.69 Å². The second-order valence-corrected chi connectivity index (χ2v) is 8.08. The van der Waals surface area contributed by atoms with E-state index in [2.05, 4.69) is 10.2 Å². The van der Waals surface area contributed by atoms with E-state index in [0.717, 1.165) is 38.8 Å². The van der Waals surface area contributed by atoms with Crippen LogP contribution < -0.4 is 5.32 Å². The Morgan fingerprint density at radius 2 is 1.74 bits per heavy atom. The van der Waals surface area contributed by atoms with Crippen LogP contribution in [0, 0.1) is 0 Å². The summed E-state index contributed by atoms with van der Waals surface area (Å²) in [7, 11) is -3.01. The minimum absolute atomic E-state index is 0.0226. The lowest BCUT2D eigenvalue weighted by Gasteiger charge is -2.37. The predicted molar refractivity (Wildman–Crippen MR) is 74.7 cm³/mol. The zero-order valence-corrected chi connectivity index (χ0v) is 12.5. The normalized spacial score (nSPS) is 23.6. The molecule has 0 aromatic heterocycles. The maximum atomic E-state index is 12.5. The molecule has 5 nitrogen and oxygen atoms in total. The summed E-state index contributed by atoms with van der Waals surface area (Å²) in [5, 5.41) is 2.84. The number of hydrogen-bond donors (Lipinski definition) is 1. The second kappa shape index (κ2) is 5.79. The number of carbonyl (C=O) groups is 1. The smallest absolute Gasteiger partial charge is 0.240 e. The van der Waals surface area contributed by atoms with Gasteiger partial charge in [0, 0.05) is 12.8 Å². The highest BCUT2D eigenvalue weighted by Crippen LogP contribution is 2.37. The predicted octanol–water partition coefficient (Wildman–Crippen LogP) is 0.556. The monoisotopic (exact) mass is 288 g/mol. The maximum absolute atomic E-state index is 12.5. The molecule has 6 heteroatoms. The van der Waals surface area contributed by atoms with Gasteiger partial charge in [-0.2, -0.15) is 0 Å². The van der Waals surface area contributed by atoms with E-state index >= 15 is 0 Å². The van der Waals surface area contributed by atoms with Crippen molar-refractivity contribution >= 4 is 15.7 Å². The van der Waals surface area contributed by atoms with Gasteiger partial charge in [-0.15, -0.1) is 0 Å². The van der Waals surface area contributed by atoms with E-state index in [1.165, 1.54) is 19.1 Å². The molecule has 0 radical (unpaired) electrons. The highest BCUT2D eigenvalue weighted by molar-refractivity contribution is 7.90. The third-order valence-electron chi connectivity index (χ3n) is 4.32. The Bertz CT molecular complexity index is 421. The first-order chi connectivity index (χ1) is 8.94. The third kappa shape index (κ3) is 3.48. The summed E-state index contributed by atoms with van der Waals surface area (Å²) in [5.74, 6) is 0.0602. The molecule has 1 heterocycles. The Morgan fingerprint density at radius 1 is 1.16 bits per heavy atom. The lowest BCUT2D eigenvalue weighted by molar-refractivity contribution is -0.132. The van der Waals surface area contributed by atoms with Crippen LogP contribution in [0.5, 0.6) is 0 Å². The van der Waals surface area contributed by atoms with E-state index in [1.54, 1.807) is 0 Å². The largest absolute Gasteiger partial charge is 0.353 e. The minimum Gasteiger partial charge on any atom is -0.353 e. The molecule has 0 bridgehead atoms. The molecule has 1 aliphatic heterocycles. The van der Waals surface area contributed by atoms with E-state index < -0.39 is 9.84 Å². The first-order valence-electron chi connectivity index (χ1n) is 7.15. The Kier molecular flexibility index (Phi) is 4.50. The van der Waals surface area contributed by atoms with Crippen molar-refractivity contribution in [2.24, 2.45) is 0 Å². The van der Waals surface area contributed by atoms with Crippen LogP contribution in [0.4, 0.5) is 0 Å². The molecule has 0 aromatic rings. The molecule has 1 amide bonds. The van der Waals surface area contributed by atoms with Crippen molar-refractivity contribution in [3.63, 3.8) is 0 Å². The molecule has 2 fully saturated rings. The summed E-state index contributed by atoms with van der Waals surface area (Å²) in [6, 6.07) is 0. The van der Waals surface area contributed by atoms with E-state index in [-0.39, 0.29) is 23.7 Å². The van der Waals surface area contributed by atoms with Crippen LogP contribution in [0.1, 0.15) is 38.5 Å². The summed E-state index contributed by atoms with van der Waals surface area (Å²) in [6.45, 7) is 2.23. The minimum atomic E-state index is -3.01. The van der Waals surface area contributed by atoms with Gasteiger partial charge in [-0.05, 0) is 38.8 Å². The van der Waals surface area contributed by atoms with E-state index in [1.807, 2.05) is 0 Å². The first-order valence-corrected chi connectivity index (χ1v) is 9.21. The van der Waals surface area contributed by atoms with Gasteiger partial charge >= 0.3 is 0 Å². The fourth-order valence-corrected chi connectivity index (χ4v) is 3.78. The average Bonchev–Trinajstić information content (AvgIpc) is 2.99. The van der Waals surface area contributed by atoms with Crippen molar-refractivity contribution < 1.29 is 13.2 Å². The summed E-state index contributed by atoms with van der Waals surface area (Å²) in [6.07, 6.45) is 7.54. The number of nitrogens with zero attached hydrogens (tertiary/aromatic N) is 1. The van der Waals surface area contributed by atoms with Gasteiger partial charge < -0.3 is 5.32 Å². The number of nitrogens with one attached hydrogen (secondary N) is 1. The highest BCUT2D eigenvalue weighted by Gasteiger charge is 2.46. The van der Waals surface area contributed by atoms with Crippen molar-refractivity contribution in [2.45, 2.75) is 44.1 Å². The van der Waals surface area contributed by atoms with Gasteiger partial charge in [-0.1, -0.05) is 12.8 Å². The van der Waals surface area contributed by atoms with Crippen LogP contribution in [0.3, 0.4) is 0 Å². The molecule has 110 valence electrons. The molecule has 0 aromatic carbocycles. The molecular formula is C13H24N2O3S. The Morgan fingerprint density at radius 3 is 2.26 bits per heavy atom. The Hall–Kier alpha value is -0.620. The van der Waals surface area contributed by atoms with E-state index in [0.29, 0.717) is 0 Å². The highest BCUT2D eigenvalue weighted by atomic mass is 32.2. The number of likely N-dealkylation sites (tertiary alicyclic amines) is 1. The number of rotatable bonds is 5. The zero-order valence-electron chi connectivity index (χ0n) is 11.7. The third-order valence-corrected chi connectivity index (χ3v) is 5.27.